The number of aromatic nitrogens is 1. The quantitative estimate of drug-likeness (QED) is 0.553. The number of hydrogen-bond donors (Lipinski definition) is 1. The minimum Gasteiger partial charge on any atom is -0.496 e. The molecule has 1 aromatic heterocycles. The molecule has 1 aromatic carbocycles. The summed E-state index contributed by atoms with van der Waals surface area (Å²) in [6, 6.07) is 4.00. The van der Waals surface area contributed by atoms with Gasteiger partial charge in [0.1, 0.15) is 23.6 Å². The third-order valence-corrected chi connectivity index (χ3v) is 7.28. The minimum atomic E-state index is -0.749. The van der Waals surface area contributed by atoms with Crippen molar-refractivity contribution in [3.05, 3.63) is 30.3 Å². The van der Waals surface area contributed by atoms with Crippen LogP contribution in [0.2, 0.25) is 0 Å². The van der Waals surface area contributed by atoms with E-state index in [2.05, 4.69) is 11.6 Å². The summed E-state index contributed by atoms with van der Waals surface area (Å²) in [5, 5.41) is 0.741. The van der Waals surface area contributed by atoms with Crippen molar-refractivity contribution in [3.63, 3.8) is 0 Å². The summed E-state index contributed by atoms with van der Waals surface area (Å²) < 4.78 is 22.3. The molecule has 9 heteroatoms. The molecule has 0 radical (unpaired) electrons. The van der Waals surface area contributed by atoms with E-state index in [9.17, 15) is 9.59 Å². The molecule has 0 bridgehead atoms. The number of pyridine rings is 1. The highest BCUT2D eigenvalue weighted by molar-refractivity contribution is 5.90. The molecule has 2 N–H and O–H groups in total. The van der Waals surface area contributed by atoms with Gasteiger partial charge in [-0.3, -0.25) is 4.79 Å². The average molecular weight is 498 g/mol. The zero-order chi connectivity index (χ0) is 25.8. The van der Waals surface area contributed by atoms with Crippen molar-refractivity contribution in [1.29, 1.82) is 0 Å². The fraction of sp³-hybridized carbons (Fsp3) is 0.519. The summed E-state index contributed by atoms with van der Waals surface area (Å²) in [4.78, 5) is 32.1. The number of nitrogens with two attached hydrogens (primary N) is 1. The maximum Gasteiger partial charge on any atom is 0.328 e. The first-order chi connectivity index (χ1) is 17.4. The van der Waals surface area contributed by atoms with Gasteiger partial charge >= 0.3 is 5.97 Å². The van der Waals surface area contributed by atoms with Crippen LogP contribution in [0.15, 0.2) is 24.8 Å². The molecule has 1 amide bonds. The number of carbonyl (C=O) groups is 2. The van der Waals surface area contributed by atoms with Gasteiger partial charge in [0.05, 0.1) is 39.4 Å². The van der Waals surface area contributed by atoms with Gasteiger partial charge in [0.25, 0.3) is 0 Å². The standard InChI is InChI=1S/C27H35N3O6/c1-5-16-11-19-20(13-22(16)33-2)29-24(34-3)14-23(19)36-18-12-21(27(32)35-4)30(15-18)26(31)25(28)17-9-7-6-8-10-17/h5,11,13-14,17-18,21,25H,1,6-10,12,15,28H2,2-4H3/t18-,21+,25+/m1/s1. The molecular formula is C27H35N3O6. The molecule has 0 spiro atoms. The Morgan fingerprint density at radius 1 is 1.11 bits per heavy atom. The lowest BCUT2D eigenvalue weighted by Crippen LogP contribution is -2.52. The Morgan fingerprint density at radius 2 is 1.86 bits per heavy atom. The van der Waals surface area contributed by atoms with E-state index in [0.29, 0.717) is 29.3 Å². The molecule has 1 saturated carbocycles. The number of fused-ring (bicyclic) bond motifs is 1. The predicted molar refractivity (Wildman–Crippen MR) is 136 cm³/mol. The first kappa shape index (κ1) is 25.8. The van der Waals surface area contributed by atoms with Gasteiger partial charge in [-0.25, -0.2) is 9.78 Å². The van der Waals surface area contributed by atoms with E-state index in [-0.39, 0.29) is 18.4 Å². The molecule has 36 heavy (non-hydrogen) atoms. The number of hydrogen-bond acceptors (Lipinski definition) is 8. The molecule has 2 heterocycles. The fourth-order valence-electron chi connectivity index (χ4n) is 5.31. The first-order valence-electron chi connectivity index (χ1n) is 12.4. The Labute approximate surface area is 211 Å². The van der Waals surface area contributed by atoms with Crippen LogP contribution in [0.25, 0.3) is 17.0 Å². The lowest BCUT2D eigenvalue weighted by atomic mass is 9.83. The molecule has 1 aliphatic heterocycles. The second-order valence-corrected chi connectivity index (χ2v) is 9.41. The first-order valence-corrected chi connectivity index (χ1v) is 12.4. The van der Waals surface area contributed by atoms with Crippen LogP contribution >= 0.6 is 0 Å². The Morgan fingerprint density at radius 3 is 2.50 bits per heavy atom. The number of amides is 1. The molecule has 1 saturated heterocycles. The third kappa shape index (κ3) is 5.11. The van der Waals surface area contributed by atoms with Gasteiger partial charge in [0.2, 0.25) is 11.8 Å². The summed E-state index contributed by atoms with van der Waals surface area (Å²) >= 11 is 0. The molecule has 0 unspecified atom stereocenters. The Hall–Kier alpha value is -3.33. The van der Waals surface area contributed by atoms with E-state index < -0.39 is 24.2 Å². The third-order valence-electron chi connectivity index (χ3n) is 7.28. The van der Waals surface area contributed by atoms with Gasteiger partial charge in [-0.2, -0.15) is 0 Å². The van der Waals surface area contributed by atoms with Gasteiger partial charge in [-0.05, 0) is 24.8 Å². The molecule has 2 fully saturated rings. The van der Waals surface area contributed by atoms with E-state index in [0.717, 1.165) is 36.6 Å². The number of ether oxygens (including phenoxy) is 4. The second kappa shape index (κ2) is 11.2. The van der Waals surface area contributed by atoms with Crippen LogP contribution < -0.4 is 19.9 Å². The van der Waals surface area contributed by atoms with Crippen molar-refractivity contribution in [2.45, 2.75) is 56.7 Å². The molecule has 3 atom stereocenters. The maximum absolute atomic E-state index is 13.4. The smallest absolute Gasteiger partial charge is 0.328 e. The number of methoxy groups -OCH3 is 3. The van der Waals surface area contributed by atoms with Gasteiger partial charge in [0, 0.05) is 29.5 Å². The molecule has 2 aliphatic rings. The zero-order valence-corrected chi connectivity index (χ0v) is 21.2. The fourth-order valence-corrected chi connectivity index (χ4v) is 5.31. The molecule has 1 aliphatic carbocycles. The highest BCUT2D eigenvalue weighted by Gasteiger charge is 2.44. The van der Waals surface area contributed by atoms with E-state index in [4.69, 9.17) is 24.7 Å². The number of likely N-dealkylation sites (tertiary alicyclic amines) is 1. The van der Waals surface area contributed by atoms with Crippen LogP contribution in [0, 0.1) is 5.92 Å². The second-order valence-electron chi connectivity index (χ2n) is 9.41. The lowest BCUT2D eigenvalue weighted by molar-refractivity contribution is -0.151. The Balaban J connectivity index is 1.62. The number of rotatable bonds is 8. The van der Waals surface area contributed by atoms with Crippen molar-refractivity contribution < 1.29 is 28.5 Å². The summed E-state index contributed by atoms with van der Waals surface area (Å²) in [7, 11) is 4.44. The van der Waals surface area contributed by atoms with E-state index >= 15 is 0 Å². The van der Waals surface area contributed by atoms with Crippen molar-refractivity contribution in [2.24, 2.45) is 11.7 Å². The topological polar surface area (TPSA) is 113 Å². The molecule has 9 nitrogen and oxygen atoms in total. The largest absolute Gasteiger partial charge is 0.496 e. The van der Waals surface area contributed by atoms with Crippen molar-refractivity contribution in [1.82, 2.24) is 9.88 Å². The van der Waals surface area contributed by atoms with E-state index in [1.807, 2.05) is 6.07 Å². The Bertz CT molecular complexity index is 1130. The van der Waals surface area contributed by atoms with E-state index in [1.54, 1.807) is 25.3 Å². The summed E-state index contributed by atoms with van der Waals surface area (Å²) in [5.74, 6) is 0.970. The number of carbonyl (C=O) groups excluding carboxylic acids is 2. The van der Waals surface area contributed by atoms with Crippen LogP contribution in [0.3, 0.4) is 0 Å². The molecular weight excluding hydrogens is 462 g/mol. The minimum absolute atomic E-state index is 0.130. The predicted octanol–water partition coefficient (Wildman–Crippen LogP) is 3.32. The lowest BCUT2D eigenvalue weighted by Gasteiger charge is -2.31. The number of benzene rings is 1. The number of nitrogens with zero attached hydrogens (tertiary/aromatic N) is 2. The van der Waals surface area contributed by atoms with Crippen LogP contribution in [-0.2, 0) is 14.3 Å². The summed E-state index contributed by atoms with van der Waals surface area (Å²) in [6.45, 7) is 4.09. The SMILES string of the molecule is C=Cc1cc2c(O[C@@H]3C[C@@H](C(=O)OC)N(C(=O)[C@@H](N)C4CCCCC4)C3)cc(OC)nc2cc1OC. The van der Waals surface area contributed by atoms with Gasteiger partial charge in [-0.1, -0.05) is 31.9 Å². The molecule has 194 valence electrons. The summed E-state index contributed by atoms with van der Waals surface area (Å²) in [5.41, 5.74) is 7.83. The summed E-state index contributed by atoms with van der Waals surface area (Å²) in [6.07, 6.45) is 6.74. The van der Waals surface area contributed by atoms with Gasteiger partial charge in [-0.15, -0.1) is 0 Å². The van der Waals surface area contributed by atoms with Gasteiger partial charge in [0.15, 0.2) is 0 Å². The average Bonchev–Trinajstić information content (AvgIpc) is 3.34. The number of esters is 1. The molecule has 4 rings (SSSR count). The van der Waals surface area contributed by atoms with Crippen LogP contribution in [0.1, 0.15) is 44.1 Å². The normalized spacial score (nSPS) is 21.2. The van der Waals surface area contributed by atoms with Crippen molar-refractivity contribution in [2.75, 3.05) is 27.9 Å². The van der Waals surface area contributed by atoms with Crippen LogP contribution in [0.5, 0.6) is 17.4 Å². The monoisotopic (exact) mass is 497 g/mol. The highest BCUT2D eigenvalue weighted by atomic mass is 16.5. The van der Waals surface area contributed by atoms with Crippen molar-refractivity contribution >= 4 is 28.9 Å². The van der Waals surface area contributed by atoms with Crippen molar-refractivity contribution in [3.8, 4) is 17.4 Å². The zero-order valence-electron chi connectivity index (χ0n) is 21.2. The Kier molecular flexibility index (Phi) is 7.98. The molecule has 2 aromatic rings. The highest BCUT2D eigenvalue weighted by Crippen LogP contribution is 2.36. The van der Waals surface area contributed by atoms with Gasteiger partial charge < -0.3 is 29.6 Å². The van der Waals surface area contributed by atoms with E-state index in [1.165, 1.54) is 25.5 Å². The van der Waals surface area contributed by atoms with Crippen LogP contribution in [0.4, 0.5) is 0 Å². The van der Waals surface area contributed by atoms with Crippen LogP contribution in [-0.4, -0.2) is 67.8 Å². The maximum atomic E-state index is 13.4.